The van der Waals surface area contributed by atoms with E-state index in [-0.39, 0.29) is 98.1 Å². The van der Waals surface area contributed by atoms with Crippen molar-refractivity contribution in [1.29, 1.82) is 0 Å². The number of fused-ring (bicyclic) bond motifs is 3. The van der Waals surface area contributed by atoms with E-state index in [2.05, 4.69) is 39.0 Å². The standard InChI is InChI=1S/C25H29F3N4O5S.C15H18F3IN2O2.C10H8F3IN2.C10H12N2O3S.C5H10O3/c1-37-24-15-19(38(29,35)36)7-8-22(24)30-11-3-4-18-14-20-21(31-17(9-12-33)10-13-34)5-2-6-23(20)32(18)16-25(26,27)28;16-15(17,18)9-21-13-3-1-2-12(11(13)8-14(21)19)20-10(4-6-22)5-7-23;11-10(12,13)5-16-8-3-1-2-7(15)6(8)4-9(16)14;1-3-6-12-9-5-4-8(16(11,13)14)7-10(9)15-2;6-3-1-5(8)2-4-7/h2,5-8,14-15,17,30-31,33-34H,9-13,16H2,1H3,(H2,29,35,36);1-3,8,10,20,22-23H,4-7,9H2;1-4H,5,15H2;1,4-5,7,12H,6H2,2H3,(H2,11,13,14);6-7H,1-4H2. The first-order valence-electron chi connectivity index (χ1n) is 30.2. The zero-order valence-corrected chi connectivity index (χ0v) is 60.2. The molecule has 0 aliphatic carbocycles. The molecule has 0 amide bonds. The maximum Gasteiger partial charge on any atom is 0.406 e. The quantitative estimate of drug-likeness (QED) is 0.00986. The Morgan fingerprint density at radius 2 is 0.911 bits per heavy atom. The second kappa shape index (κ2) is 40.4. The highest BCUT2D eigenvalue weighted by molar-refractivity contribution is 14.1. The molecule has 0 bridgehead atoms. The predicted octanol–water partition coefficient (Wildman–Crippen LogP) is 9.32. The van der Waals surface area contributed by atoms with Crippen LogP contribution in [0.15, 0.2) is 119 Å². The molecular weight excluding hydrogens is 1620 g/mol. The number of rotatable bonds is 27. The van der Waals surface area contributed by atoms with Crippen LogP contribution in [0.5, 0.6) is 11.5 Å². The van der Waals surface area contributed by atoms with Gasteiger partial charge in [0.1, 0.15) is 36.9 Å². The number of aliphatic hydroxyl groups excluding tert-OH is 6. The van der Waals surface area contributed by atoms with Crippen molar-refractivity contribution < 1.29 is 101 Å². The third-order valence-electron chi connectivity index (χ3n) is 14.2. The van der Waals surface area contributed by atoms with E-state index in [9.17, 15) is 71.4 Å². The number of carbonyl (C=O) groups excluding carboxylic acids is 1. The highest BCUT2D eigenvalue weighted by Crippen LogP contribution is 2.35. The number of Topliss-reactive ketones (excluding diaryl/α,β-unsaturated/α-hetero) is 1. The van der Waals surface area contributed by atoms with E-state index in [0.29, 0.717) is 107 Å². The number of primary sulfonamides is 2. The second-order valence-corrected chi connectivity index (χ2v) is 26.9. The summed E-state index contributed by atoms with van der Waals surface area (Å²) in [5.74, 6) is 8.49. The lowest BCUT2D eigenvalue weighted by molar-refractivity contribution is -0.141. The summed E-state index contributed by atoms with van der Waals surface area (Å²) >= 11 is 3.77. The number of nitrogen functional groups attached to an aromatic ring is 1. The van der Waals surface area contributed by atoms with E-state index in [4.69, 9.17) is 52.3 Å². The summed E-state index contributed by atoms with van der Waals surface area (Å²) in [6, 6.07) is 27.8. The Morgan fingerprint density at radius 3 is 1.30 bits per heavy atom. The maximum atomic E-state index is 13.4. The Hall–Kier alpha value is -7.48. The van der Waals surface area contributed by atoms with Crippen molar-refractivity contribution in [2.45, 2.75) is 98.6 Å². The van der Waals surface area contributed by atoms with Gasteiger partial charge in [-0.1, -0.05) is 30.0 Å². The van der Waals surface area contributed by atoms with Crippen molar-refractivity contribution in [3.05, 3.63) is 122 Å². The first kappa shape index (κ1) is 85.9. The Labute approximate surface area is 603 Å². The van der Waals surface area contributed by atoms with Crippen LogP contribution < -0.4 is 46.8 Å². The van der Waals surface area contributed by atoms with E-state index < -0.39 is 58.2 Å². The van der Waals surface area contributed by atoms with Gasteiger partial charge in [-0.25, -0.2) is 27.1 Å². The number of sulfonamides is 2. The molecule has 36 heteroatoms. The van der Waals surface area contributed by atoms with Crippen molar-refractivity contribution in [2.24, 2.45) is 10.3 Å². The number of halogens is 11. The van der Waals surface area contributed by atoms with E-state index in [1.165, 1.54) is 53.7 Å². The number of ketones is 1. The number of aromatic nitrogens is 3. The maximum absolute atomic E-state index is 13.4. The SMILES string of the molecule is C#CCNc1ccc(S(N)(=O)=O)cc1OC.COc1cc(S(N)(=O)=O)ccc1NCC#Cc1cc2c(NC(CCO)CCO)cccc2n1CC(F)(F)F.Nc1cccc2c1cc(I)n2CC(F)(F)F.O=C(CCO)CCO.OCCC(CCO)Nc1cccc2c1cc(I)n2CC(F)(F)F. The molecule has 16 N–H and O–H groups in total. The molecular formula is C65H77F9I2N10O13S2. The molecule has 0 radical (unpaired) electrons. The minimum absolute atomic E-state index is 0.00407. The number of nitrogens with two attached hydrogens (primary N) is 3. The van der Waals surface area contributed by atoms with Crippen molar-refractivity contribution >= 4 is 132 Å². The van der Waals surface area contributed by atoms with Crippen LogP contribution in [0.3, 0.4) is 0 Å². The molecule has 0 unspecified atom stereocenters. The van der Waals surface area contributed by atoms with Gasteiger partial charge in [0.15, 0.2) is 0 Å². The molecule has 0 aliphatic rings. The van der Waals surface area contributed by atoms with E-state index in [1.807, 2.05) is 45.2 Å². The number of nitrogens with one attached hydrogen (secondary N) is 4. The molecule has 0 spiro atoms. The Bertz CT molecular complexity index is 4330. The number of hydrogen-bond donors (Lipinski definition) is 13. The third-order valence-corrected chi connectivity index (χ3v) is 17.8. The number of nitrogens with zero attached hydrogens (tertiary/aromatic N) is 3. The summed E-state index contributed by atoms with van der Waals surface area (Å²) in [4.78, 5) is 10.2. The summed E-state index contributed by atoms with van der Waals surface area (Å²) in [6.45, 7) is -3.41. The van der Waals surface area contributed by atoms with E-state index >= 15 is 0 Å². The number of aliphatic hydroxyl groups is 6. The smallest absolute Gasteiger partial charge is 0.406 e. The van der Waals surface area contributed by atoms with Gasteiger partial charge in [-0.3, -0.25) is 4.79 Å². The molecule has 554 valence electrons. The van der Waals surface area contributed by atoms with Gasteiger partial charge < -0.3 is 80.8 Å². The highest BCUT2D eigenvalue weighted by atomic mass is 127. The van der Waals surface area contributed by atoms with Gasteiger partial charge in [-0.2, -0.15) is 39.5 Å². The summed E-state index contributed by atoms with van der Waals surface area (Å²) in [6.07, 6.45) is -5.93. The third kappa shape index (κ3) is 28.0. The molecule has 23 nitrogen and oxygen atoms in total. The van der Waals surface area contributed by atoms with Crippen LogP contribution in [-0.2, 0) is 44.5 Å². The van der Waals surface area contributed by atoms with Crippen molar-refractivity contribution in [3.63, 3.8) is 0 Å². The summed E-state index contributed by atoms with van der Waals surface area (Å²) in [7, 11) is -4.86. The molecule has 0 atom stereocenters. The largest absolute Gasteiger partial charge is 0.495 e. The van der Waals surface area contributed by atoms with Crippen LogP contribution in [0, 0.1) is 31.6 Å². The Balaban J connectivity index is 0.000000292. The first-order chi connectivity index (χ1) is 47.5. The van der Waals surface area contributed by atoms with Crippen LogP contribution in [0.25, 0.3) is 32.7 Å². The average Bonchev–Trinajstić information content (AvgIpc) is 1.65. The molecule has 0 fully saturated rings. The lowest BCUT2D eigenvalue weighted by Gasteiger charge is -2.19. The summed E-state index contributed by atoms with van der Waals surface area (Å²) < 4.78 is 176. The lowest BCUT2D eigenvalue weighted by Crippen LogP contribution is -2.22. The minimum atomic E-state index is -4.49. The second-order valence-electron chi connectivity index (χ2n) is 21.6. The molecule has 3 heterocycles. The van der Waals surface area contributed by atoms with Crippen LogP contribution in [0.2, 0.25) is 0 Å². The number of alkyl halides is 9. The number of methoxy groups -OCH3 is 2. The van der Waals surface area contributed by atoms with Gasteiger partial charge in [0.05, 0.1) is 78.1 Å². The number of terminal acetylenes is 1. The van der Waals surface area contributed by atoms with Gasteiger partial charge in [0, 0.05) is 110 Å². The van der Waals surface area contributed by atoms with Gasteiger partial charge in [0.2, 0.25) is 20.0 Å². The molecule has 0 aliphatic heterocycles. The van der Waals surface area contributed by atoms with Crippen LogP contribution in [0.1, 0.15) is 44.2 Å². The highest BCUT2D eigenvalue weighted by Gasteiger charge is 2.32. The molecule has 8 rings (SSSR count). The van der Waals surface area contributed by atoms with Crippen LogP contribution in [-0.4, -0.2) is 165 Å². The summed E-state index contributed by atoms with van der Waals surface area (Å²) in [5.41, 5.74) is 10.0. The number of anilines is 5. The first-order valence-corrected chi connectivity index (χ1v) is 35.4. The normalized spacial score (nSPS) is 11.6. The van der Waals surface area contributed by atoms with Gasteiger partial charge in [-0.15, -0.1) is 6.42 Å². The Morgan fingerprint density at radius 1 is 0.535 bits per heavy atom. The zero-order valence-electron chi connectivity index (χ0n) is 54.2. The topological polar surface area (TPSA) is 366 Å². The molecule has 5 aromatic carbocycles. The fraction of sp³-hybridized carbons (Fsp3) is 0.369. The Kier molecular flexibility index (Phi) is 34.4. The summed E-state index contributed by atoms with van der Waals surface area (Å²) in [5, 5.41) is 77.4. The van der Waals surface area contributed by atoms with Gasteiger partial charge >= 0.3 is 18.5 Å². The zero-order chi connectivity index (χ0) is 75.5. The minimum Gasteiger partial charge on any atom is -0.495 e. The lowest BCUT2D eigenvalue weighted by atomic mass is 10.1. The van der Waals surface area contributed by atoms with Gasteiger partial charge in [0.25, 0.3) is 0 Å². The van der Waals surface area contributed by atoms with Crippen molar-refractivity contribution in [2.75, 3.05) is 94.0 Å². The molecule has 0 saturated carbocycles. The number of benzene rings is 5. The number of ether oxygens (including phenoxy) is 2. The molecule has 0 saturated heterocycles. The predicted molar refractivity (Wildman–Crippen MR) is 385 cm³/mol. The van der Waals surface area contributed by atoms with E-state index in [0.717, 1.165) is 4.57 Å². The van der Waals surface area contributed by atoms with Crippen molar-refractivity contribution in [1.82, 2.24) is 13.7 Å². The van der Waals surface area contributed by atoms with Gasteiger partial charge in [-0.05, 0) is 156 Å². The number of hydrogen-bond acceptors (Lipinski definition) is 18. The average molecular weight is 1700 g/mol. The molecule has 101 heavy (non-hydrogen) atoms. The number of carbonyl (C=O) groups is 1. The monoisotopic (exact) mass is 1690 g/mol. The van der Waals surface area contributed by atoms with Crippen LogP contribution in [0.4, 0.5) is 68.0 Å². The van der Waals surface area contributed by atoms with E-state index in [1.54, 1.807) is 78.9 Å². The molecule has 8 aromatic rings. The molecule has 3 aromatic heterocycles. The fourth-order valence-corrected chi connectivity index (χ4v) is 12.2. The van der Waals surface area contributed by atoms with Crippen LogP contribution >= 0.6 is 45.2 Å². The van der Waals surface area contributed by atoms with Crippen molar-refractivity contribution in [3.8, 4) is 35.7 Å². The fourth-order valence-electron chi connectivity index (χ4n) is 9.62.